The first-order valence-corrected chi connectivity index (χ1v) is 6.18. The van der Waals surface area contributed by atoms with Crippen molar-refractivity contribution < 1.29 is 0 Å². The Morgan fingerprint density at radius 1 is 1.18 bits per heavy atom. The molecule has 0 amide bonds. The molecule has 88 valence electrons. The molecular formula is C13H15N3S. The van der Waals surface area contributed by atoms with Crippen LogP contribution in [-0.4, -0.2) is 22.5 Å². The van der Waals surface area contributed by atoms with Gasteiger partial charge >= 0.3 is 0 Å². The van der Waals surface area contributed by atoms with E-state index >= 15 is 0 Å². The molecule has 1 N–H and O–H groups in total. The molecule has 0 unspecified atom stereocenters. The molecule has 0 saturated carbocycles. The van der Waals surface area contributed by atoms with Crippen molar-refractivity contribution in [1.29, 1.82) is 0 Å². The van der Waals surface area contributed by atoms with Gasteiger partial charge in [-0.1, -0.05) is 23.8 Å². The van der Waals surface area contributed by atoms with Gasteiger partial charge in [0.25, 0.3) is 0 Å². The summed E-state index contributed by atoms with van der Waals surface area (Å²) in [6.45, 7) is 2.86. The van der Waals surface area contributed by atoms with Gasteiger partial charge in [0, 0.05) is 17.9 Å². The lowest BCUT2D eigenvalue weighted by Crippen LogP contribution is -2.05. The minimum absolute atomic E-state index is 0.779. The van der Waals surface area contributed by atoms with E-state index in [1.165, 1.54) is 5.56 Å². The molecule has 0 spiro atoms. The van der Waals surface area contributed by atoms with Crippen molar-refractivity contribution in [3.05, 3.63) is 42.0 Å². The zero-order valence-electron chi connectivity index (χ0n) is 9.72. The Morgan fingerprint density at radius 2 is 2.06 bits per heavy atom. The van der Waals surface area contributed by atoms with Gasteiger partial charge in [-0.15, -0.1) is 10.2 Å². The second-order valence-electron chi connectivity index (χ2n) is 3.82. The molecule has 4 heteroatoms. The Bertz CT molecular complexity index is 482. The fourth-order valence-electron chi connectivity index (χ4n) is 1.57. The van der Waals surface area contributed by atoms with Crippen molar-refractivity contribution >= 4 is 18.4 Å². The molecule has 0 aliphatic heterocycles. The van der Waals surface area contributed by atoms with E-state index in [2.05, 4.69) is 47.2 Å². The van der Waals surface area contributed by atoms with Crippen molar-refractivity contribution in [2.24, 2.45) is 0 Å². The molecule has 0 radical (unpaired) electrons. The number of nitrogens with one attached hydrogen (secondary N) is 1. The number of anilines is 1. The maximum absolute atomic E-state index is 4.21. The molecule has 17 heavy (non-hydrogen) atoms. The van der Waals surface area contributed by atoms with E-state index < -0.39 is 0 Å². The van der Waals surface area contributed by atoms with E-state index in [1.54, 1.807) is 0 Å². The average Bonchev–Trinajstić information content (AvgIpc) is 2.37. The number of benzene rings is 1. The first kappa shape index (κ1) is 11.9. The quantitative estimate of drug-likeness (QED) is 0.813. The summed E-state index contributed by atoms with van der Waals surface area (Å²) in [5.74, 6) is 1.57. The molecule has 0 fully saturated rings. The number of thiol groups is 1. The van der Waals surface area contributed by atoms with Gasteiger partial charge in [0.1, 0.15) is 5.82 Å². The van der Waals surface area contributed by atoms with Crippen LogP contribution in [0.15, 0.2) is 36.4 Å². The number of rotatable bonds is 4. The third-order valence-electron chi connectivity index (χ3n) is 2.40. The zero-order chi connectivity index (χ0) is 12.1. The minimum atomic E-state index is 0.779. The lowest BCUT2D eigenvalue weighted by Gasteiger charge is -2.04. The van der Waals surface area contributed by atoms with Gasteiger partial charge in [0.2, 0.25) is 0 Å². The highest BCUT2D eigenvalue weighted by Crippen LogP contribution is 2.17. The SMILES string of the molecule is Cc1cccc(-c2ccc(NCCS)nn2)c1. The van der Waals surface area contributed by atoms with Gasteiger partial charge in [0.15, 0.2) is 0 Å². The van der Waals surface area contributed by atoms with E-state index in [0.29, 0.717) is 0 Å². The van der Waals surface area contributed by atoms with Crippen molar-refractivity contribution in [3.8, 4) is 11.3 Å². The standard InChI is InChI=1S/C13H15N3S/c1-10-3-2-4-11(9-10)12-5-6-13(16-15-12)14-7-8-17/h2-6,9,17H,7-8H2,1H3,(H,14,16). The maximum Gasteiger partial charge on any atom is 0.148 e. The summed E-state index contributed by atoms with van der Waals surface area (Å²) in [5.41, 5.74) is 3.21. The number of nitrogens with zero attached hydrogens (tertiary/aromatic N) is 2. The third kappa shape index (κ3) is 3.20. The summed E-state index contributed by atoms with van der Waals surface area (Å²) in [7, 11) is 0. The Kier molecular flexibility index (Phi) is 3.98. The molecule has 2 rings (SSSR count). The molecule has 0 bridgehead atoms. The normalized spacial score (nSPS) is 10.2. The van der Waals surface area contributed by atoms with E-state index in [1.807, 2.05) is 24.3 Å². The molecule has 3 nitrogen and oxygen atoms in total. The maximum atomic E-state index is 4.21. The van der Waals surface area contributed by atoms with Gasteiger partial charge in [-0.25, -0.2) is 0 Å². The van der Waals surface area contributed by atoms with Crippen LogP contribution in [0.2, 0.25) is 0 Å². The summed E-state index contributed by atoms with van der Waals surface area (Å²) in [4.78, 5) is 0. The molecule has 0 aliphatic rings. The molecule has 0 saturated heterocycles. The molecule has 0 atom stereocenters. The Hall–Kier alpha value is -1.55. The van der Waals surface area contributed by atoms with Gasteiger partial charge in [-0.05, 0) is 25.1 Å². The lowest BCUT2D eigenvalue weighted by atomic mass is 10.1. The lowest BCUT2D eigenvalue weighted by molar-refractivity contribution is 1.02. The molecule has 1 heterocycles. The topological polar surface area (TPSA) is 37.8 Å². The molecule has 1 aromatic carbocycles. The summed E-state index contributed by atoms with van der Waals surface area (Å²) in [5, 5.41) is 11.5. The first-order chi connectivity index (χ1) is 8.29. The summed E-state index contributed by atoms with van der Waals surface area (Å²) in [6.07, 6.45) is 0. The zero-order valence-corrected chi connectivity index (χ0v) is 10.6. The van der Waals surface area contributed by atoms with Crippen LogP contribution in [0.5, 0.6) is 0 Å². The summed E-state index contributed by atoms with van der Waals surface area (Å²) < 4.78 is 0. The number of hydrogen-bond acceptors (Lipinski definition) is 4. The smallest absolute Gasteiger partial charge is 0.148 e. The predicted octanol–water partition coefficient (Wildman–Crippen LogP) is 2.79. The van der Waals surface area contributed by atoms with Crippen molar-refractivity contribution in [3.63, 3.8) is 0 Å². The highest BCUT2D eigenvalue weighted by Gasteiger charge is 2.00. The van der Waals surface area contributed by atoms with Crippen molar-refractivity contribution in [2.75, 3.05) is 17.6 Å². The highest BCUT2D eigenvalue weighted by molar-refractivity contribution is 7.80. The second kappa shape index (κ2) is 5.68. The van der Waals surface area contributed by atoms with Crippen LogP contribution in [0, 0.1) is 6.92 Å². The van der Waals surface area contributed by atoms with E-state index in [0.717, 1.165) is 29.4 Å². The van der Waals surface area contributed by atoms with Gasteiger partial charge < -0.3 is 5.32 Å². The van der Waals surface area contributed by atoms with Crippen LogP contribution in [0.1, 0.15) is 5.56 Å². The van der Waals surface area contributed by atoms with Crippen LogP contribution in [0.4, 0.5) is 5.82 Å². The molecular weight excluding hydrogens is 230 g/mol. The fraction of sp³-hybridized carbons (Fsp3) is 0.231. The number of aromatic nitrogens is 2. The average molecular weight is 245 g/mol. The Balaban J connectivity index is 2.17. The van der Waals surface area contributed by atoms with Crippen molar-refractivity contribution in [2.45, 2.75) is 6.92 Å². The largest absolute Gasteiger partial charge is 0.368 e. The first-order valence-electron chi connectivity index (χ1n) is 5.55. The Morgan fingerprint density at radius 3 is 2.71 bits per heavy atom. The predicted molar refractivity (Wildman–Crippen MR) is 74.5 cm³/mol. The second-order valence-corrected chi connectivity index (χ2v) is 4.27. The van der Waals surface area contributed by atoms with Crippen LogP contribution in [0.3, 0.4) is 0 Å². The van der Waals surface area contributed by atoms with Gasteiger partial charge in [0.05, 0.1) is 5.69 Å². The van der Waals surface area contributed by atoms with Gasteiger partial charge in [-0.3, -0.25) is 0 Å². The van der Waals surface area contributed by atoms with E-state index in [4.69, 9.17) is 0 Å². The fourth-order valence-corrected chi connectivity index (χ4v) is 1.68. The van der Waals surface area contributed by atoms with Crippen LogP contribution in [-0.2, 0) is 0 Å². The van der Waals surface area contributed by atoms with Crippen LogP contribution >= 0.6 is 12.6 Å². The van der Waals surface area contributed by atoms with E-state index in [-0.39, 0.29) is 0 Å². The molecule has 0 aliphatic carbocycles. The van der Waals surface area contributed by atoms with Gasteiger partial charge in [-0.2, -0.15) is 12.6 Å². The Labute approximate surface area is 107 Å². The monoisotopic (exact) mass is 245 g/mol. The molecule has 2 aromatic rings. The summed E-state index contributed by atoms with van der Waals surface area (Å²) in [6, 6.07) is 12.2. The molecule has 1 aromatic heterocycles. The minimum Gasteiger partial charge on any atom is -0.368 e. The van der Waals surface area contributed by atoms with Crippen LogP contribution < -0.4 is 5.32 Å². The van der Waals surface area contributed by atoms with E-state index in [9.17, 15) is 0 Å². The highest BCUT2D eigenvalue weighted by atomic mass is 32.1. The number of hydrogen-bond donors (Lipinski definition) is 2. The summed E-state index contributed by atoms with van der Waals surface area (Å²) >= 11 is 4.13. The number of aryl methyl sites for hydroxylation is 1. The van der Waals surface area contributed by atoms with Crippen LogP contribution in [0.25, 0.3) is 11.3 Å². The van der Waals surface area contributed by atoms with Crippen molar-refractivity contribution in [1.82, 2.24) is 10.2 Å². The third-order valence-corrected chi connectivity index (χ3v) is 2.62.